The molecule has 1 aromatic carbocycles. The van der Waals surface area contributed by atoms with E-state index >= 15 is 0 Å². The van der Waals surface area contributed by atoms with E-state index in [0.717, 1.165) is 43.2 Å². The number of nitrogens with zero attached hydrogens (tertiary/aromatic N) is 2. The molecule has 0 amide bonds. The average molecular weight is 296 g/mol. The first kappa shape index (κ1) is 16.0. The van der Waals surface area contributed by atoms with Crippen LogP contribution in [0, 0.1) is 0 Å². The number of rotatable bonds is 8. The second kappa shape index (κ2) is 8.17. The van der Waals surface area contributed by atoms with Crippen molar-refractivity contribution in [2.24, 2.45) is 9.98 Å². The van der Waals surface area contributed by atoms with Gasteiger partial charge in [-0.15, -0.1) is 0 Å². The largest absolute Gasteiger partial charge is 0.387 e. The number of benzene rings is 1. The van der Waals surface area contributed by atoms with Gasteiger partial charge in [-0.2, -0.15) is 0 Å². The number of hydrogen-bond acceptors (Lipinski definition) is 4. The van der Waals surface area contributed by atoms with E-state index in [1.54, 1.807) is 6.21 Å². The van der Waals surface area contributed by atoms with E-state index in [0.29, 0.717) is 0 Å². The molecule has 0 radical (unpaired) electrons. The van der Waals surface area contributed by atoms with Crippen LogP contribution in [0.3, 0.4) is 0 Å². The summed E-state index contributed by atoms with van der Waals surface area (Å²) in [6.45, 7) is 12.7. The summed E-state index contributed by atoms with van der Waals surface area (Å²) in [5.74, 6) is 0. The Kier molecular flexibility index (Phi) is 5.95. The van der Waals surface area contributed by atoms with Crippen molar-refractivity contribution in [3.8, 4) is 0 Å². The minimum Gasteiger partial charge on any atom is -0.387 e. The van der Waals surface area contributed by atoms with Crippen LogP contribution in [0.1, 0.15) is 12.5 Å². The summed E-state index contributed by atoms with van der Waals surface area (Å²) in [7, 11) is 0. The van der Waals surface area contributed by atoms with Gasteiger partial charge in [0.2, 0.25) is 0 Å². The maximum absolute atomic E-state index is 4.45. The lowest BCUT2D eigenvalue weighted by Crippen LogP contribution is -2.39. The topological polar surface area (TPSA) is 48.8 Å². The third kappa shape index (κ3) is 4.58. The van der Waals surface area contributed by atoms with Crippen molar-refractivity contribution in [1.82, 2.24) is 10.6 Å². The summed E-state index contributed by atoms with van der Waals surface area (Å²) in [6, 6.07) is 10.4. The third-order valence-electron chi connectivity index (χ3n) is 3.49. The van der Waals surface area contributed by atoms with Gasteiger partial charge in [-0.1, -0.05) is 43.5 Å². The van der Waals surface area contributed by atoms with Crippen LogP contribution in [0.4, 0.5) is 0 Å². The molecule has 0 aromatic heterocycles. The first-order valence-corrected chi connectivity index (χ1v) is 7.67. The molecule has 116 valence electrons. The maximum Gasteiger partial charge on any atom is 0.0978 e. The van der Waals surface area contributed by atoms with E-state index in [4.69, 9.17) is 0 Å². The summed E-state index contributed by atoms with van der Waals surface area (Å²) in [6.07, 6.45) is 2.63. The van der Waals surface area contributed by atoms with Crippen molar-refractivity contribution < 1.29 is 0 Å². The van der Waals surface area contributed by atoms with E-state index < -0.39 is 0 Å². The molecule has 0 saturated carbocycles. The van der Waals surface area contributed by atoms with Gasteiger partial charge in [0.15, 0.2) is 0 Å². The van der Waals surface area contributed by atoms with E-state index in [9.17, 15) is 0 Å². The Morgan fingerprint density at radius 1 is 1.23 bits per heavy atom. The summed E-state index contributed by atoms with van der Waals surface area (Å²) in [5.41, 5.74) is 3.84. The van der Waals surface area contributed by atoms with Gasteiger partial charge in [-0.05, 0) is 18.9 Å². The Hall–Kier alpha value is -2.36. The van der Waals surface area contributed by atoms with Crippen LogP contribution in [0.2, 0.25) is 0 Å². The molecule has 4 heteroatoms. The van der Waals surface area contributed by atoms with Gasteiger partial charge in [-0.3, -0.25) is 9.98 Å². The average Bonchev–Trinajstić information content (AvgIpc) is 2.56. The normalized spacial score (nSPS) is 14.9. The van der Waals surface area contributed by atoms with Crippen LogP contribution in [-0.2, 0) is 6.42 Å². The number of likely N-dealkylation sites (N-methyl/N-ethyl adjacent to an activating group) is 1. The fraction of sp³-hybridized carbons (Fsp3) is 0.333. The van der Waals surface area contributed by atoms with Crippen LogP contribution in [0.5, 0.6) is 0 Å². The molecule has 1 aromatic rings. The lowest BCUT2D eigenvalue weighted by Gasteiger charge is -2.24. The Morgan fingerprint density at radius 2 is 2.00 bits per heavy atom. The maximum atomic E-state index is 4.45. The van der Waals surface area contributed by atoms with Gasteiger partial charge >= 0.3 is 0 Å². The molecule has 4 nitrogen and oxygen atoms in total. The second-order valence-corrected chi connectivity index (χ2v) is 5.22. The molecule has 0 fully saturated rings. The first-order valence-electron chi connectivity index (χ1n) is 7.67. The van der Waals surface area contributed by atoms with Gasteiger partial charge in [0.1, 0.15) is 0 Å². The van der Waals surface area contributed by atoms with Crippen LogP contribution >= 0.6 is 0 Å². The molecule has 0 saturated heterocycles. The Morgan fingerprint density at radius 3 is 2.64 bits per heavy atom. The number of aliphatic imine (C=N–C) groups is 2. The summed E-state index contributed by atoms with van der Waals surface area (Å²) in [5, 5.41) is 6.74. The Labute approximate surface area is 132 Å². The van der Waals surface area contributed by atoms with Crippen LogP contribution in [0.15, 0.2) is 64.9 Å². The van der Waals surface area contributed by atoms with Crippen molar-refractivity contribution in [1.29, 1.82) is 0 Å². The van der Waals surface area contributed by atoms with E-state index in [2.05, 4.69) is 65.0 Å². The molecule has 22 heavy (non-hydrogen) atoms. The van der Waals surface area contributed by atoms with Crippen LogP contribution < -0.4 is 10.6 Å². The molecule has 1 heterocycles. The standard InChI is InChI=1S/C18H24N4/c1-4-20-14(2)17(12-16-8-6-5-7-9-16)22-15(3)18-13-19-10-11-21-18/h5-9,13,17,20,22H,2-4,10-12H2,1H3. The SMILES string of the molecule is C=C(NC(Cc1ccccc1)C(=C)NCC)C1=NCCN=C1. The highest BCUT2D eigenvalue weighted by Crippen LogP contribution is 2.10. The number of nitrogens with one attached hydrogen (secondary N) is 2. The summed E-state index contributed by atoms with van der Waals surface area (Å²) >= 11 is 0. The van der Waals surface area contributed by atoms with Crippen molar-refractivity contribution >= 4 is 11.9 Å². The van der Waals surface area contributed by atoms with Crippen molar-refractivity contribution in [2.45, 2.75) is 19.4 Å². The molecular formula is C18H24N4. The van der Waals surface area contributed by atoms with Crippen LogP contribution in [-0.4, -0.2) is 37.6 Å². The molecular weight excluding hydrogens is 272 g/mol. The van der Waals surface area contributed by atoms with Gasteiger partial charge in [0.25, 0.3) is 0 Å². The molecule has 1 unspecified atom stereocenters. The van der Waals surface area contributed by atoms with Crippen LogP contribution in [0.25, 0.3) is 0 Å². The predicted octanol–water partition coefficient (Wildman–Crippen LogP) is 2.35. The first-order chi connectivity index (χ1) is 10.7. The molecule has 1 aliphatic heterocycles. The van der Waals surface area contributed by atoms with E-state index in [-0.39, 0.29) is 6.04 Å². The molecule has 0 aliphatic carbocycles. The lowest BCUT2D eigenvalue weighted by molar-refractivity contribution is 0.602. The predicted molar refractivity (Wildman–Crippen MR) is 94.7 cm³/mol. The second-order valence-electron chi connectivity index (χ2n) is 5.22. The van der Waals surface area contributed by atoms with Gasteiger partial charge < -0.3 is 10.6 Å². The molecule has 0 spiro atoms. The minimum atomic E-state index is 0.0628. The highest BCUT2D eigenvalue weighted by Gasteiger charge is 2.16. The monoisotopic (exact) mass is 296 g/mol. The van der Waals surface area contributed by atoms with Crippen molar-refractivity contribution in [3.05, 3.63) is 60.4 Å². The Bertz CT molecular complexity index is 572. The van der Waals surface area contributed by atoms with E-state index in [1.165, 1.54) is 5.56 Å². The van der Waals surface area contributed by atoms with Crippen molar-refractivity contribution in [3.63, 3.8) is 0 Å². The number of allylic oxidation sites excluding steroid dienone is 1. The molecule has 2 rings (SSSR count). The fourth-order valence-corrected chi connectivity index (χ4v) is 2.34. The third-order valence-corrected chi connectivity index (χ3v) is 3.49. The molecule has 1 atom stereocenters. The summed E-state index contributed by atoms with van der Waals surface area (Å²) < 4.78 is 0. The highest BCUT2D eigenvalue weighted by molar-refractivity contribution is 6.38. The summed E-state index contributed by atoms with van der Waals surface area (Å²) in [4.78, 5) is 8.71. The van der Waals surface area contributed by atoms with Gasteiger partial charge in [0, 0.05) is 18.5 Å². The fourth-order valence-electron chi connectivity index (χ4n) is 2.34. The lowest BCUT2D eigenvalue weighted by atomic mass is 10.0. The smallest absolute Gasteiger partial charge is 0.0978 e. The van der Waals surface area contributed by atoms with Gasteiger partial charge in [-0.25, -0.2) is 0 Å². The zero-order chi connectivity index (χ0) is 15.8. The van der Waals surface area contributed by atoms with Gasteiger partial charge in [0.05, 0.1) is 30.5 Å². The quantitative estimate of drug-likeness (QED) is 0.773. The molecule has 1 aliphatic rings. The number of hydrogen-bond donors (Lipinski definition) is 2. The zero-order valence-electron chi connectivity index (χ0n) is 13.2. The Balaban J connectivity index is 2.07. The minimum absolute atomic E-state index is 0.0628. The zero-order valence-corrected chi connectivity index (χ0v) is 13.2. The highest BCUT2D eigenvalue weighted by atomic mass is 15.0. The molecule has 0 bridgehead atoms. The van der Waals surface area contributed by atoms with Crippen molar-refractivity contribution in [2.75, 3.05) is 19.6 Å². The molecule has 2 N–H and O–H groups in total. The van der Waals surface area contributed by atoms with E-state index in [1.807, 2.05) is 6.07 Å².